The summed E-state index contributed by atoms with van der Waals surface area (Å²) < 4.78 is 3.55. The van der Waals surface area contributed by atoms with Crippen molar-refractivity contribution in [3.05, 3.63) is 36.4 Å². The van der Waals surface area contributed by atoms with Gasteiger partial charge in [0.2, 0.25) is 5.82 Å². The van der Waals surface area contributed by atoms with Gasteiger partial charge in [-0.3, -0.25) is 4.79 Å². The lowest BCUT2D eigenvalue weighted by Gasteiger charge is -2.18. The van der Waals surface area contributed by atoms with Gasteiger partial charge in [-0.05, 0) is 25.8 Å². The Balaban J connectivity index is 1.52. The molecule has 3 aromatic rings. The quantitative estimate of drug-likeness (QED) is 0.775. The number of aromatic nitrogens is 7. The Morgan fingerprint density at radius 1 is 1.38 bits per heavy atom. The van der Waals surface area contributed by atoms with Crippen molar-refractivity contribution in [2.45, 2.75) is 44.7 Å². The maximum Gasteiger partial charge on any atom is 0.291 e. The summed E-state index contributed by atoms with van der Waals surface area (Å²) in [5, 5.41) is 15.2. The number of carbonyl (C=O) groups excluding carboxylic acids is 1. The molecule has 1 N–H and O–H groups in total. The lowest BCUT2D eigenvalue weighted by Crippen LogP contribution is -2.30. The summed E-state index contributed by atoms with van der Waals surface area (Å²) in [6, 6.07) is 1.88. The standard InChI is InChI=1S/C15H18N8O/c1-10(13-20-17-9-22(13)11-5-2-3-6-11)18-14(24)12-19-15-16-7-4-8-23(15)21-12/h4,7-11H,2-3,5-6H2,1H3,(H,18,24)/t10-/m1/s1. The van der Waals surface area contributed by atoms with Gasteiger partial charge in [-0.2, -0.15) is 4.98 Å². The predicted molar refractivity (Wildman–Crippen MR) is 84.2 cm³/mol. The fourth-order valence-corrected chi connectivity index (χ4v) is 3.18. The van der Waals surface area contributed by atoms with Gasteiger partial charge in [0.1, 0.15) is 6.33 Å². The predicted octanol–water partition coefficient (Wildman–Crippen LogP) is 1.32. The zero-order valence-corrected chi connectivity index (χ0v) is 13.3. The molecule has 0 aliphatic heterocycles. The van der Waals surface area contributed by atoms with Gasteiger partial charge in [-0.15, -0.1) is 15.3 Å². The average Bonchev–Trinajstić information content (AvgIpc) is 3.32. The lowest BCUT2D eigenvalue weighted by molar-refractivity contribution is 0.0927. The third-order valence-corrected chi connectivity index (χ3v) is 4.37. The van der Waals surface area contributed by atoms with Crippen LogP contribution in [0.1, 0.15) is 61.1 Å². The van der Waals surface area contributed by atoms with Gasteiger partial charge in [0, 0.05) is 18.4 Å². The van der Waals surface area contributed by atoms with Crippen LogP contribution in [0.15, 0.2) is 24.8 Å². The van der Waals surface area contributed by atoms with E-state index in [-0.39, 0.29) is 17.8 Å². The minimum Gasteiger partial charge on any atom is -0.340 e. The number of hydrogen-bond donors (Lipinski definition) is 1. The summed E-state index contributed by atoms with van der Waals surface area (Å²) in [5.41, 5.74) is 0. The number of fused-ring (bicyclic) bond motifs is 1. The van der Waals surface area contributed by atoms with E-state index in [2.05, 4.69) is 35.1 Å². The van der Waals surface area contributed by atoms with Crippen molar-refractivity contribution < 1.29 is 4.79 Å². The Morgan fingerprint density at radius 3 is 3.00 bits per heavy atom. The number of carbonyl (C=O) groups is 1. The highest BCUT2D eigenvalue weighted by Gasteiger charge is 2.24. The van der Waals surface area contributed by atoms with Crippen LogP contribution < -0.4 is 5.32 Å². The molecule has 4 rings (SSSR count). The molecule has 0 radical (unpaired) electrons. The van der Waals surface area contributed by atoms with Gasteiger partial charge < -0.3 is 9.88 Å². The van der Waals surface area contributed by atoms with Crippen molar-refractivity contribution in [1.82, 2.24) is 39.7 Å². The summed E-state index contributed by atoms with van der Waals surface area (Å²) in [4.78, 5) is 20.6. The zero-order valence-electron chi connectivity index (χ0n) is 13.3. The summed E-state index contributed by atoms with van der Waals surface area (Å²) in [6.45, 7) is 1.89. The van der Waals surface area contributed by atoms with Crippen LogP contribution in [0.25, 0.3) is 5.78 Å². The first kappa shape index (κ1) is 14.7. The molecule has 9 heteroatoms. The number of hydrogen-bond acceptors (Lipinski definition) is 6. The molecule has 0 bridgehead atoms. The van der Waals surface area contributed by atoms with Gasteiger partial charge >= 0.3 is 0 Å². The van der Waals surface area contributed by atoms with E-state index >= 15 is 0 Å². The molecular formula is C15H18N8O. The van der Waals surface area contributed by atoms with Crippen LogP contribution in [0.5, 0.6) is 0 Å². The van der Waals surface area contributed by atoms with Crippen LogP contribution >= 0.6 is 0 Å². The van der Waals surface area contributed by atoms with E-state index < -0.39 is 0 Å². The van der Waals surface area contributed by atoms with Crippen LogP contribution in [0.4, 0.5) is 0 Å². The summed E-state index contributed by atoms with van der Waals surface area (Å²) in [5.74, 6) is 0.892. The molecule has 9 nitrogen and oxygen atoms in total. The van der Waals surface area contributed by atoms with Crippen molar-refractivity contribution in [1.29, 1.82) is 0 Å². The molecule has 0 unspecified atom stereocenters. The van der Waals surface area contributed by atoms with E-state index in [0.717, 1.165) is 18.7 Å². The zero-order chi connectivity index (χ0) is 16.5. The molecule has 1 atom stereocenters. The van der Waals surface area contributed by atoms with Crippen molar-refractivity contribution in [2.75, 3.05) is 0 Å². The minimum absolute atomic E-state index is 0.0903. The summed E-state index contributed by atoms with van der Waals surface area (Å²) >= 11 is 0. The SMILES string of the molecule is C[C@@H](NC(=O)c1nc2ncccn2n1)c1nncn1C1CCCC1. The molecule has 1 aliphatic carbocycles. The maximum absolute atomic E-state index is 12.4. The third-order valence-electron chi connectivity index (χ3n) is 4.37. The molecule has 1 aliphatic rings. The first-order chi connectivity index (χ1) is 11.7. The van der Waals surface area contributed by atoms with Crippen LogP contribution in [0, 0.1) is 0 Å². The van der Waals surface area contributed by atoms with Crippen LogP contribution in [0.2, 0.25) is 0 Å². The van der Waals surface area contributed by atoms with E-state index in [1.807, 2.05) is 6.92 Å². The highest BCUT2D eigenvalue weighted by Crippen LogP contribution is 2.31. The maximum atomic E-state index is 12.4. The van der Waals surface area contributed by atoms with E-state index in [0.29, 0.717) is 11.8 Å². The van der Waals surface area contributed by atoms with Crippen molar-refractivity contribution in [3.63, 3.8) is 0 Å². The highest BCUT2D eigenvalue weighted by atomic mass is 16.2. The van der Waals surface area contributed by atoms with Gasteiger partial charge in [-0.1, -0.05) is 12.8 Å². The highest BCUT2D eigenvalue weighted by molar-refractivity contribution is 5.91. The first-order valence-electron chi connectivity index (χ1n) is 8.10. The Kier molecular flexibility index (Phi) is 3.68. The average molecular weight is 326 g/mol. The first-order valence-corrected chi connectivity index (χ1v) is 8.10. The molecular weight excluding hydrogens is 308 g/mol. The monoisotopic (exact) mass is 326 g/mol. The number of nitrogens with one attached hydrogen (secondary N) is 1. The molecule has 1 saturated carbocycles. The molecule has 3 aromatic heterocycles. The molecule has 0 aromatic carbocycles. The van der Waals surface area contributed by atoms with Gasteiger partial charge in [0.25, 0.3) is 11.7 Å². The van der Waals surface area contributed by atoms with E-state index in [1.54, 1.807) is 24.8 Å². The molecule has 1 amide bonds. The van der Waals surface area contributed by atoms with Crippen LogP contribution in [-0.4, -0.2) is 40.3 Å². The molecule has 24 heavy (non-hydrogen) atoms. The van der Waals surface area contributed by atoms with Gasteiger partial charge in [0.15, 0.2) is 5.82 Å². The number of nitrogens with zero attached hydrogens (tertiary/aromatic N) is 7. The Hall–Kier alpha value is -2.84. The normalized spacial score (nSPS) is 16.5. The Labute approximate surface area is 138 Å². The molecule has 0 spiro atoms. The Morgan fingerprint density at radius 2 is 2.21 bits per heavy atom. The van der Waals surface area contributed by atoms with Gasteiger partial charge in [0.05, 0.1) is 6.04 Å². The minimum atomic E-state index is -0.353. The topological polar surface area (TPSA) is 103 Å². The fourth-order valence-electron chi connectivity index (χ4n) is 3.18. The van der Waals surface area contributed by atoms with Gasteiger partial charge in [-0.25, -0.2) is 9.50 Å². The molecule has 1 fully saturated rings. The second kappa shape index (κ2) is 5.99. The summed E-state index contributed by atoms with van der Waals surface area (Å²) in [7, 11) is 0. The van der Waals surface area contributed by atoms with Crippen LogP contribution in [-0.2, 0) is 0 Å². The Bertz CT molecular complexity index is 830. The second-order valence-electron chi connectivity index (χ2n) is 6.03. The fraction of sp³-hybridized carbons (Fsp3) is 0.467. The van der Waals surface area contributed by atoms with Crippen molar-refractivity contribution in [3.8, 4) is 0 Å². The van der Waals surface area contributed by atoms with Crippen molar-refractivity contribution >= 4 is 11.7 Å². The van der Waals surface area contributed by atoms with E-state index in [4.69, 9.17) is 0 Å². The third kappa shape index (κ3) is 2.61. The van der Waals surface area contributed by atoms with E-state index in [1.165, 1.54) is 17.4 Å². The van der Waals surface area contributed by atoms with Crippen LogP contribution in [0.3, 0.4) is 0 Å². The molecule has 3 heterocycles. The number of amides is 1. The lowest BCUT2D eigenvalue weighted by atomic mass is 10.2. The van der Waals surface area contributed by atoms with E-state index in [9.17, 15) is 4.79 Å². The summed E-state index contributed by atoms with van der Waals surface area (Å²) in [6.07, 6.45) is 9.77. The second-order valence-corrected chi connectivity index (χ2v) is 6.03. The largest absolute Gasteiger partial charge is 0.340 e. The number of rotatable bonds is 4. The molecule has 124 valence electrons. The molecule has 0 saturated heterocycles. The smallest absolute Gasteiger partial charge is 0.291 e. The van der Waals surface area contributed by atoms with Crippen molar-refractivity contribution in [2.24, 2.45) is 0 Å².